The van der Waals surface area contributed by atoms with E-state index in [9.17, 15) is 13.2 Å². The normalized spacial score (nSPS) is 16.6. The highest BCUT2D eigenvalue weighted by atomic mass is 32.2. The van der Waals surface area contributed by atoms with E-state index in [1.807, 2.05) is 6.08 Å². The standard InChI is InChI=1S/C10H15N3O3S2/c1-7-9(17-10(14)13-7)18(15,16)12-6-8-2-4-11-5-3-8/h2,11-12H,3-6H2,1H3,(H,13,14). The zero-order chi connectivity index (χ0) is 13.2. The van der Waals surface area contributed by atoms with Crippen LogP contribution >= 0.6 is 11.3 Å². The fourth-order valence-corrected chi connectivity index (χ4v) is 4.11. The lowest BCUT2D eigenvalue weighted by atomic mass is 10.1. The minimum Gasteiger partial charge on any atom is -0.315 e. The van der Waals surface area contributed by atoms with E-state index >= 15 is 0 Å². The first kappa shape index (κ1) is 13.5. The van der Waals surface area contributed by atoms with Crippen LogP contribution in [0, 0.1) is 6.92 Å². The first-order valence-electron chi connectivity index (χ1n) is 5.57. The van der Waals surface area contributed by atoms with Crippen LogP contribution in [0.15, 0.2) is 20.7 Å². The Morgan fingerprint density at radius 3 is 2.83 bits per heavy atom. The van der Waals surface area contributed by atoms with Crippen LogP contribution in [0.4, 0.5) is 0 Å². The quantitative estimate of drug-likeness (QED) is 0.677. The smallest absolute Gasteiger partial charge is 0.305 e. The van der Waals surface area contributed by atoms with Gasteiger partial charge in [0, 0.05) is 18.8 Å². The SMILES string of the molecule is Cc1[nH]c(=O)sc1S(=O)(=O)NCC1=CCNCC1. The van der Waals surface area contributed by atoms with Crippen molar-refractivity contribution in [1.29, 1.82) is 0 Å². The van der Waals surface area contributed by atoms with Gasteiger partial charge in [-0.15, -0.1) is 0 Å². The third-order valence-electron chi connectivity index (χ3n) is 2.67. The van der Waals surface area contributed by atoms with Gasteiger partial charge in [-0.3, -0.25) is 4.79 Å². The van der Waals surface area contributed by atoms with Gasteiger partial charge in [-0.25, -0.2) is 13.1 Å². The van der Waals surface area contributed by atoms with Crippen LogP contribution in [0.2, 0.25) is 0 Å². The molecule has 3 N–H and O–H groups in total. The van der Waals surface area contributed by atoms with Crippen LogP contribution in [0.25, 0.3) is 0 Å². The van der Waals surface area contributed by atoms with Crippen molar-refractivity contribution in [2.24, 2.45) is 0 Å². The van der Waals surface area contributed by atoms with Gasteiger partial charge in [0.05, 0.1) is 0 Å². The van der Waals surface area contributed by atoms with Gasteiger partial charge in [0.15, 0.2) is 4.21 Å². The zero-order valence-corrected chi connectivity index (χ0v) is 11.6. The van der Waals surface area contributed by atoms with Crippen molar-refractivity contribution >= 4 is 21.4 Å². The molecule has 100 valence electrons. The van der Waals surface area contributed by atoms with Crippen LogP contribution in [-0.4, -0.2) is 33.0 Å². The van der Waals surface area contributed by atoms with Crippen molar-refractivity contribution in [3.8, 4) is 0 Å². The molecule has 0 saturated carbocycles. The summed E-state index contributed by atoms with van der Waals surface area (Å²) >= 11 is 0.715. The van der Waals surface area contributed by atoms with E-state index in [1.165, 1.54) is 0 Å². The van der Waals surface area contributed by atoms with E-state index in [0.29, 0.717) is 23.6 Å². The average molecular weight is 289 g/mol. The van der Waals surface area contributed by atoms with Crippen molar-refractivity contribution in [1.82, 2.24) is 15.0 Å². The summed E-state index contributed by atoms with van der Waals surface area (Å²) in [6, 6.07) is 0. The number of H-pyrrole nitrogens is 1. The minimum absolute atomic E-state index is 0.0713. The first-order chi connectivity index (χ1) is 8.49. The lowest BCUT2D eigenvalue weighted by Crippen LogP contribution is -2.29. The van der Waals surface area contributed by atoms with Crippen LogP contribution in [0.5, 0.6) is 0 Å². The summed E-state index contributed by atoms with van der Waals surface area (Å²) in [5.74, 6) is 0. The number of thiazole rings is 1. The highest BCUT2D eigenvalue weighted by Crippen LogP contribution is 2.15. The molecular weight excluding hydrogens is 274 g/mol. The maximum atomic E-state index is 12.0. The molecule has 8 heteroatoms. The Morgan fingerprint density at radius 2 is 2.28 bits per heavy atom. The number of sulfonamides is 1. The maximum Gasteiger partial charge on any atom is 0.305 e. The molecular formula is C10H15N3O3S2. The van der Waals surface area contributed by atoms with Crippen LogP contribution in [0.3, 0.4) is 0 Å². The van der Waals surface area contributed by atoms with Crippen LogP contribution in [0.1, 0.15) is 12.1 Å². The molecule has 0 bridgehead atoms. The summed E-state index contributed by atoms with van der Waals surface area (Å²) in [6.07, 6.45) is 2.82. The molecule has 0 radical (unpaired) electrons. The zero-order valence-electron chi connectivity index (χ0n) is 9.95. The molecule has 6 nitrogen and oxygen atoms in total. The fourth-order valence-electron chi connectivity index (χ4n) is 1.73. The van der Waals surface area contributed by atoms with Crippen molar-refractivity contribution < 1.29 is 8.42 Å². The number of aromatic amines is 1. The van der Waals surface area contributed by atoms with Gasteiger partial charge in [0.25, 0.3) is 10.0 Å². The largest absolute Gasteiger partial charge is 0.315 e. The number of hydrogen-bond donors (Lipinski definition) is 3. The Morgan fingerprint density at radius 1 is 1.50 bits per heavy atom. The maximum absolute atomic E-state index is 12.0. The van der Waals surface area contributed by atoms with Gasteiger partial charge in [-0.1, -0.05) is 23.0 Å². The molecule has 2 rings (SSSR count). The molecule has 0 amide bonds. The second-order valence-electron chi connectivity index (χ2n) is 4.07. The van der Waals surface area contributed by atoms with Crippen LogP contribution < -0.4 is 14.9 Å². The van der Waals surface area contributed by atoms with Crippen molar-refractivity contribution in [2.75, 3.05) is 19.6 Å². The van der Waals surface area contributed by atoms with Gasteiger partial charge in [0.2, 0.25) is 0 Å². The molecule has 0 unspecified atom stereocenters. The highest BCUT2D eigenvalue weighted by molar-refractivity contribution is 7.91. The van der Waals surface area contributed by atoms with Crippen molar-refractivity contribution in [2.45, 2.75) is 17.6 Å². The second kappa shape index (κ2) is 5.35. The molecule has 0 spiro atoms. The lowest BCUT2D eigenvalue weighted by molar-refractivity contribution is 0.583. The van der Waals surface area contributed by atoms with Gasteiger partial charge in [-0.05, 0) is 19.9 Å². The summed E-state index contributed by atoms with van der Waals surface area (Å²) in [7, 11) is -3.59. The van der Waals surface area contributed by atoms with E-state index in [0.717, 1.165) is 25.1 Å². The Hall–Kier alpha value is -0.960. The van der Waals surface area contributed by atoms with E-state index in [-0.39, 0.29) is 9.08 Å². The Kier molecular flexibility index (Phi) is 4.00. The summed E-state index contributed by atoms with van der Waals surface area (Å²) in [5, 5.41) is 3.16. The van der Waals surface area contributed by atoms with Gasteiger partial charge >= 0.3 is 4.87 Å². The topological polar surface area (TPSA) is 91.1 Å². The molecule has 1 aromatic heterocycles. The molecule has 0 saturated heterocycles. The summed E-state index contributed by atoms with van der Waals surface area (Å²) in [4.78, 5) is 13.2. The fraction of sp³-hybridized carbons (Fsp3) is 0.500. The predicted octanol–water partition coefficient (Wildman–Crippen LogP) is -0.0572. The molecule has 0 aliphatic carbocycles. The highest BCUT2D eigenvalue weighted by Gasteiger charge is 2.20. The Balaban J connectivity index is 2.10. The van der Waals surface area contributed by atoms with Gasteiger partial charge in [0.1, 0.15) is 0 Å². The lowest BCUT2D eigenvalue weighted by Gasteiger charge is -2.14. The average Bonchev–Trinajstić information content (AvgIpc) is 2.68. The summed E-state index contributed by atoms with van der Waals surface area (Å²) < 4.78 is 26.6. The number of nitrogens with one attached hydrogen (secondary N) is 3. The molecule has 0 atom stereocenters. The second-order valence-corrected chi connectivity index (χ2v) is 7.01. The van der Waals surface area contributed by atoms with Crippen molar-refractivity contribution in [3.63, 3.8) is 0 Å². The van der Waals surface area contributed by atoms with Crippen LogP contribution in [-0.2, 0) is 10.0 Å². The molecule has 1 aliphatic rings. The van der Waals surface area contributed by atoms with E-state index in [1.54, 1.807) is 6.92 Å². The number of aryl methyl sites for hydroxylation is 1. The third-order valence-corrected chi connectivity index (χ3v) is 5.68. The van der Waals surface area contributed by atoms with E-state index in [4.69, 9.17) is 0 Å². The predicted molar refractivity (Wildman–Crippen MR) is 70.4 cm³/mol. The van der Waals surface area contributed by atoms with Gasteiger partial charge < -0.3 is 10.3 Å². The summed E-state index contributed by atoms with van der Waals surface area (Å²) in [6.45, 7) is 3.52. The molecule has 1 aliphatic heterocycles. The van der Waals surface area contributed by atoms with Gasteiger partial charge in [-0.2, -0.15) is 0 Å². The summed E-state index contributed by atoms with van der Waals surface area (Å²) in [5.41, 5.74) is 1.45. The minimum atomic E-state index is -3.59. The number of rotatable bonds is 4. The van der Waals surface area contributed by atoms with E-state index < -0.39 is 10.0 Å². The van der Waals surface area contributed by atoms with Crippen molar-refractivity contribution in [3.05, 3.63) is 27.0 Å². The number of aromatic nitrogens is 1. The Labute approximate surface area is 109 Å². The third kappa shape index (κ3) is 3.08. The first-order valence-corrected chi connectivity index (χ1v) is 7.87. The number of hydrogen-bond acceptors (Lipinski definition) is 5. The Bertz CT molecular complexity index is 613. The van der Waals surface area contributed by atoms with E-state index in [2.05, 4.69) is 15.0 Å². The molecule has 2 heterocycles. The molecule has 0 fully saturated rings. The molecule has 18 heavy (non-hydrogen) atoms. The molecule has 0 aromatic carbocycles. The monoisotopic (exact) mass is 289 g/mol. The molecule has 1 aromatic rings.